The number of aromatic nitrogens is 1. The molecule has 1 saturated heterocycles. The molecule has 2 rings (SSSR count). The zero-order valence-electron chi connectivity index (χ0n) is 11.5. The van der Waals surface area contributed by atoms with Gasteiger partial charge in [0.2, 0.25) is 5.88 Å². The lowest BCUT2D eigenvalue weighted by atomic mass is 10.1. The molecule has 1 aliphatic heterocycles. The van der Waals surface area contributed by atoms with Crippen LogP contribution in [0.3, 0.4) is 0 Å². The van der Waals surface area contributed by atoms with Crippen LogP contribution in [0.25, 0.3) is 0 Å². The second kappa shape index (κ2) is 7.22. The van der Waals surface area contributed by atoms with Crippen molar-refractivity contribution in [2.75, 3.05) is 19.8 Å². The number of halogens is 1. The van der Waals surface area contributed by atoms with Crippen molar-refractivity contribution < 1.29 is 9.47 Å². The minimum absolute atomic E-state index is 0.440. The third kappa shape index (κ3) is 4.75. The maximum Gasteiger partial charge on any atom is 0.217 e. The molecule has 1 aromatic rings. The first kappa shape index (κ1) is 14.8. The summed E-state index contributed by atoms with van der Waals surface area (Å²) in [6.07, 6.45) is 2.86. The monoisotopic (exact) mass is 328 g/mol. The Morgan fingerprint density at radius 1 is 1.58 bits per heavy atom. The fraction of sp³-hybridized carbons (Fsp3) is 0.643. The zero-order valence-corrected chi connectivity index (χ0v) is 13.1. The molecule has 0 aliphatic carbocycles. The summed E-state index contributed by atoms with van der Waals surface area (Å²) < 4.78 is 12.2. The Kier molecular flexibility index (Phi) is 5.60. The van der Waals surface area contributed by atoms with Gasteiger partial charge in [-0.1, -0.05) is 13.8 Å². The Morgan fingerprint density at radius 2 is 2.42 bits per heavy atom. The second-order valence-corrected chi connectivity index (χ2v) is 6.11. The minimum atomic E-state index is 0.440. The first-order chi connectivity index (χ1) is 9.15. The Bertz CT molecular complexity index is 406. The molecular weight excluding hydrogens is 308 g/mol. The van der Waals surface area contributed by atoms with E-state index in [0.29, 0.717) is 18.6 Å². The van der Waals surface area contributed by atoms with E-state index in [9.17, 15) is 0 Å². The maximum atomic E-state index is 5.86. The number of nitrogens with one attached hydrogen (secondary N) is 1. The third-order valence-electron chi connectivity index (χ3n) is 3.07. The molecular formula is C14H21BrN2O2. The van der Waals surface area contributed by atoms with E-state index in [-0.39, 0.29) is 0 Å². The van der Waals surface area contributed by atoms with Gasteiger partial charge in [0, 0.05) is 41.3 Å². The van der Waals surface area contributed by atoms with Gasteiger partial charge in [-0.05, 0) is 28.4 Å². The highest BCUT2D eigenvalue weighted by molar-refractivity contribution is 9.10. The average Bonchev–Trinajstić information content (AvgIpc) is 2.88. The van der Waals surface area contributed by atoms with Crippen molar-refractivity contribution in [3.05, 3.63) is 22.3 Å². The van der Waals surface area contributed by atoms with Crippen molar-refractivity contribution in [3.8, 4) is 5.88 Å². The van der Waals surface area contributed by atoms with Gasteiger partial charge in [0.05, 0.1) is 13.2 Å². The van der Waals surface area contributed by atoms with E-state index in [1.807, 2.05) is 0 Å². The average molecular weight is 329 g/mol. The molecule has 0 bridgehead atoms. The van der Waals surface area contributed by atoms with Crippen LogP contribution in [-0.2, 0) is 11.3 Å². The molecule has 0 spiro atoms. The number of pyridine rings is 1. The van der Waals surface area contributed by atoms with Gasteiger partial charge >= 0.3 is 0 Å². The van der Waals surface area contributed by atoms with E-state index in [1.54, 1.807) is 6.20 Å². The van der Waals surface area contributed by atoms with Gasteiger partial charge in [0.1, 0.15) is 0 Å². The quantitative estimate of drug-likeness (QED) is 0.872. The van der Waals surface area contributed by atoms with E-state index in [1.165, 1.54) is 0 Å². The van der Waals surface area contributed by atoms with E-state index in [0.717, 1.165) is 42.1 Å². The third-order valence-corrected chi connectivity index (χ3v) is 3.51. The van der Waals surface area contributed by atoms with Crippen LogP contribution in [0.15, 0.2) is 16.7 Å². The summed E-state index contributed by atoms with van der Waals surface area (Å²) in [7, 11) is 0. The highest BCUT2D eigenvalue weighted by Crippen LogP contribution is 2.22. The molecule has 4 nitrogen and oxygen atoms in total. The van der Waals surface area contributed by atoms with Crippen LogP contribution in [0.4, 0.5) is 0 Å². The van der Waals surface area contributed by atoms with Crippen LogP contribution in [0, 0.1) is 5.92 Å². The molecule has 106 valence electrons. The molecule has 1 fully saturated rings. The molecule has 1 aromatic heterocycles. The summed E-state index contributed by atoms with van der Waals surface area (Å²) in [6.45, 7) is 7.35. The largest absolute Gasteiger partial charge is 0.477 e. The summed E-state index contributed by atoms with van der Waals surface area (Å²) in [5, 5.41) is 3.39. The highest BCUT2D eigenvalue weighted by atomic mass is 79.9. The standard InChI is InChI=1S/C14H21BrN2O2/c1-10(2)16-6-12-5-13(15)7-17-14(12)19-9-11-3-4-18-8-11/h5,7,10-11,16H,3-4,6,8-9H2,1-2H3. The van der Waals surface area contributed by atoms with Gasteiger partial charge < -0.3 is 14.8 Å². The summed E-state index contributed by atoms with van der Waals surface area (Å²) in [6, 6.07) is 2.50. The Hall–Kier alpha value is -0.650. The number of hydrogen-bond donors (Lipinski definition) is 1. The lowest BCUT2D eigenvalue weighted by molar-refractivity contribution is 0.165. The number of ether oxygens (including phenoxy) is 2. The summed E-state index contributed by atoms with van der Waals surface area (Å²) in [5.41, 5.74) is 1.09. The van der Waals surface area contributed by atoms with Crippen LogP contribution in [-0.4, -0.2) is 30.8 Å². The lowest BCUT2D eigenvalue weighted by Gasteiger charge is -2.15. The van der Waals surface area contributed by atoms with Crippen molar-refractivity contribution in [3.63, 3.8) is 0 Å². The van der Waals surface area contributed by atoms with E-state index < -0.39 is 0 Å². The van der Waals surface area contributed by atoms with Crippen LogP contribution >= 0.6 is 15.9 Å². The topological polar surface area (TPSA) is 43.4 Å². The summed E-state index contributed by atoms with van der Waals surface area (Å²) >= 11 is 3.45. The second-order valence-electron chi connectivity index (χ2n) is 5.19. The van der Waals surface area contributed by atoms with Gasteiger partial charge in [-0.25, -0.2) is 4.98 Å². The number of rotatable bonds is 6. The van der Waals surface area contributed by atoms with Gasteiger partial charge in [0.15, 0.2) is 0 Å². The molecule has 1 N–H and O–H groups in total. The first-order valence-electron chi connectivity index (χ1n) is 6.73. The molecule has 19 heavy (non-hydrogen) atoms. The van der Waals surface area contributed by atoms with Crippen molar-refractivity contribution in [1.82, 2.24) is 10.3 Å². The van der Waals surface area contributed by atoms with Gasteiger partial charge in [-0.2, -0.15) is 0 Å². The molecule has 1 aliphatic rings. The van der Waals surface area contributed by atoms with Gasteiger partial charge in [-0.15, -0.1) is 0 Å². The van der Waals surface area contributed by atoms with Crippen molar-refractivity contribution in [2.45, 2.75) is 32.9 Å². The van der Waals surface area contributed by atoms with Crippen LogP contribution in [0.5, 0.6) is 5.88 Å². The molecule has 5 heteroatoms. The van der Waals surface area contributed by atoms with Crippen molar-refractivity contribution in [1.29, 1.82) is 0 Å². The van der Waals surface area contributed by atoms with E-state index in [4.69, 9.17) is 9.47 Å². The zero-order chi connectivity index (χ0) is 13.7. The van der Waals surface area contributed by atoms with Crippen molar-refractivity contribution in [2.24, 2.45) is 5.92 Å². The molecule has 0 saturated carbocycles. The van der Waals surface area contributed by atoms with Crippen LogP contribution < -0.4 is 10.1 Å². The minimum Gasteiger partial charge on any atom is -0.477 e. The molecule has 0 aromatic carbocycles. The molecule has 0 amide bonds. The molecule has 0 radical (unpaired) electrons. The van der Waals surface area contributed by atoms with Crippen molar-refractivity contribution >= 4 is 15.9 Å². The van der Waals surface area contributed by atoms with Gasteiger partial charge in [0.25, 0.3) is 0 Å². The fourth-order valence-electron chi connectivity index (χ4n) is 1.95. The number of hydrogen-bond acceptors (Lipinski definition) is 4. The van der Waals surface area contributed by atoms with Gasteiger partial charge in [-0.3, -0.25) is 0 Å². The Morgan fingerprint density at radius 3 is 3.11 bits per heavy atom. The molecule has 1 atom stereocenters. The van der Waals surface area contributed by atoms with Crippen LogP contribution in [0.2, 0.25) is 0 Å². The summed E-state index contributed by atoms with van der Waals surface area (Å²) in [5.74, 6) is 1.22. The number of nitrogens with zero attached hydrogens (tertiary/aromatic N) is 1. The smallest absolute Gasteiger partial charge is 0.217 e. The Labute approximate surface area is 123 Å². The van der Waals surface area contributed by atoms with Crippen LogP contribution in [0.1, 0.15) is 25.8 Å². The Balaban J connectivity index is 1.96. The summed E-state index contributed by atoms with van der Waals surface area (Å²) in [4.78, 5) is 4.37. The lowest BCUT2D eigenvalue weighted by Crippen LogP contribution is -2.23. The SMILES string of the molecule is CC(C)NCc1cc(Br)cnc1OCC1CCOC1. The predicted molar refractivity (Wildman–Crippen MR) is 78.3 cm³/mol. The molecule has 1 unspecified atom stereocenters. The van der Waals surface area contributed by atoms with E-state index in [2.05, 4.69) is 46.1 Å². The highest BCUT2D eigenvalue weighted by Gasteiger charge is 2.17. The molecule has 2 heterocycles. The normalized spacial score (nSPS) is 19.1. The fourth-order valence-corrected chi connectivity index (χ4v) is 2.33. The maximum absolute atomic E-state index is 5.86. The first-order valence-corrected chi connectivity index (χ1v) is 7.53. The predicted octanol–water partition coefficient (Wildman–Crippen LogP) is 2.76. The van der Waals surface area contributed by atoms with E-state index >= 15 is 0 Å².